The summed E-state index contributed by atoms with van der Waals surface area (Å²) in [5.41, 5.74) is 1.93. The monoisotopic (exact) mass is 357 g/mol. The van der Waals surface area contributed by atoms with E-state index in [1.807, 2.05) is 12.1 Å². The van der Waals surface area contributed by atoms with Crippen molar-refractivity contribution in [2.75, 3.05) is 33.3 Å². The highest BCUT2D eigenvalue weighted by Crippen LogP contribution is 2.20. The summed E-state index contributed by atoms with van der Waals surface area (Å²) in [5, 5.41) is 8.96. The van der Waals surface area contributed by atoms with Crippen LogP contribution in [0.5, 0.6) is 5.75 Å². The van der Waals surface area contributed by atoms with E-state index in [-0.39, 0.29) is 17.4 Å². The highest BCUT2D eigenvalue weighted by atomic mass is 19.1. The number of rotatable bonds is 5. The maximum atomic E-state index is 13.9. The van der Waals surface area contributed by atoms with Gasteiger partial charge in [-0.3, -0.25) is 9.80 Å². The minimum absolute atomic E-state index is 0.250. The van der Waals surface area contributed by atoms with E-state index < -0.39 is 0 Å². The second kappa shape index (κ2) is 8.26. The Bertz CT molecular complexity index is 811. The lowest BCUT2D eigenvalue weighted by Crippen LogP contribution is -2.45. The molecule has 0 amide bonds. The van der Waals surface area contributed by atoms with Gasteiger partial charge in [-0.2, -0.15) is 5.26 Å². The standard InChI is InChI=1S/C20H21F2N3O/c1-26-20-5-3-16(11-19(20)22)13-24-6-8-25(9-7-24)14-17-10-15(12-23)2-4-18(17)21/h2-5,10-11H,6-9,13-14H2,1H3. The molecular weight excluding hydrogens is 336 g/mol. The normalized spacial score (nSPS) is 15.6. The molecule has 0 spiro atoms. The van der Waals surface area contributed by atoms with Crippen LogP contribution < -0.4 is 4.74 Å². The van der Waals surface area contributed by atoms with Crippen LogP contribution in [0.1, 0.15) is 16.7 Å². The Morgan fingerprint density at radius 3 is 2.27 bits per heavy atom. The molecule has 1 aliphatic heterocycles. The molecule has 2 aromatic carbocycles. The van der Waals surface area contributed by atoms with Gasteiger partial charge in [0.2, 0.25) is 0 Å². The lowest BCUT2D eigenvalue weighted by atomic mass is 10.1. The van der Waals surface area contributed by atoms with Gasteiger partial charge >= 0.3 is 0 Å². The van der Waals surface area contributed by atoms with Crippen LogP contribution >= 0.6 is 0 Å². The molecule has 1 heterocycles. The van der Waals surface area contributed by atoms with Crippen LogP contribution in [0, 0.1) is 23.0 Å². The van der Waals surface area contributed by atoms with Crippen molar-refractivity contribution in [1.82, 2.24) is 9.80 Å². The van der Waals surface area contributed by atoms with E-state index in [2.05, 4.69) is 9.80 Å². The molecule has 3 rings (SSSR count). The minimum Gasteiger partial charge on any atom is -0.494 e. The van der Waals surface area contributed by atoms with Gasteiger partial charge in [0, 0.05) is 44.8 Å². The maximum Gasteiger partial charge on any atom is 0.165 e. The van der Waals surface area contributed by atoms with Gasteiger partial charge in [0.05, 0.1) is 18.7 Å². The van der Waals surface area contributed by atoms with Crippen LogP contribution in [-0.4, -0.2) is 43.1 Å². The molecule has 4 nitrogen and oxygen atoms in total. The van der Waals surface area contributed by atoms with Crippen LogP contribution in [0.4, 0.5) is 8.78 Å². The lowest BCUT2D eigenvalue weighted by Gasteiger charge is -2.34. The number of hydrogen-bond acceptors (Lipinski definition) is 4. The summed E-state index contributed by atoms with van der Waals surface area (Å²) in [6.07, 6.45) is 0. The van der Waals surface area contributed by atoms with Crippen molar-refractivity contribution in [3.05, 3.63) is 64.7 Å². The molecule has 6 heteroatoms. The number of ether oxygens (including phenoxy) is 1. The highest BCUT2D eigenvalue weighted by Gasteiger charge is 2.19. The molecule has 0 saturated carbocycles. The molecular formula is C20H21F2N3O. The fourth-order valence-corrected chi connectivity index (χ4v) is 3.18. The molecule has 0 N–H and O–H groups in total. The van der Waals surface area contributed by atoms with Crippen molar-refractivity contribution >= 4 is 0 Å². The smallest absolute Gasteiger partial charge is 0.165 e. The van der Waals surface area contributed by atoms with E-state index in [4.69, 9.17) is 10.00 Å². The zero-order valence-corrected chi connectivity index (χ0v) is 14.7. The van der Waals surface area contributed by atoms with Crippen LogP contribution in [0.3, 0.4) is 0 Å². The summed E-state index contributed by atoms with van der Waals surface area (Å²) in [6, 6.07) is 11.5. The van der Waals surface area contributed by atoms with E-state index in [9.17, 15) is 8.78 Å². The zero-order chi connectivity index (χ0) is 18.5. The Balaban J connectivity index is 1.55. The Hall–Kier alpha value is -2.49. The van der Waals surface area contributed by atoms with E-state index >= 15 is 0 Å². The fraction of sp³-hybridized carbons (Fsp3) is 0.350. The first-order valence-corrected chi connectivity index (χ1v) is 8.54. The first-order valence-electron chi connectivity index (χ1n) is 8.54. The Morgan fingerprint density at radius 2 is 1.65 bits per heavy atom. The third-order valence-electron chi connectivity index (χ3n) is 4.66. The van der Waals surface area contributed by atoms with Gasteiger partial charge in [-0.15, -0.1) is 0 Å². The van der Waals surface area contributed by atoms with Crippen molar-refractivity contribution in [1.29, 1.82) is 5.26 Å². The van der Waals surface area contributed by atoms with E-state index in [0.717, 1.165) is 31.7 Å². The second-order valence-corrected chi connectivity index (χ2v) is 6.44. The third-order valence-corrected chi connectivity index (χ3v) is 4.66. The lowest BCUT2D eigenvalue weighted by molar-refractivity contribution is 0.121. The number of nitrogens with zero attached hydrogens (tertiary/aromatic N) is 3. The first-order chi connectivity index (χ1) is 12.6. The fourth-order valence-electron chi connectivity index (χ4n) is 3.18. The van der Waals surface area contributed by atoms with Crippen LogP contribution in [0.25, 0.3) is 0 Å². The van der Waals surface area contributed by atoms with Gasteiger partial charge in [0.25, 0.3) is 0 Å². The first kappa shape index (κ1) is 18.3. The summed E-state index contributed by atoms with van der Waals surface area (Å²) < 4.78 is 32.7. The van der Waals surface area contributed by atoms with Gasteiger partial charge in [-0.05, 0) is 35.9 Å². The van der Waals surface area contributed by atoms with Gasteiger partial charge in [0.1, 0.15) is 5.82 Å². The van der Waals surface area contributed by atoms with E-state index in [1.54, 1.807) is 12.1 Å². The Labute approximate surface area is 152 Å². The quantitative estimate of drug-likeness (QED) is 0.824. The van der Waals surface area contributed by atoms with Gasteiger partial charge < -0.3 is 4.74 Å². The summed E-state index contributed by atoms with van der Waals surface area (Å²) in [5.74, 6) is -0.378. The largest absolute Gasteiger partial charge is 0.494 e. The molecule has 0 aromatic heterocycles. The minimum atomic E-state index is -0.350. The number of hydrogen-bond donors (Lipinski definition) is 0. The molecule has 1 fully saturated rings. The molecule has 0 atom stereocenters. The van der Waals surface area contributed by atoms with Crippen LogP contribution in [0.2, 0.25) is 0 Å². The van der Waals surface area contributed by atoms with Gasteiger partial charge in [0.15, 0.2) is 11.6 Å². The third kappa shape index (κ3) is 4.37. The molecule has 1 saturated heterocycles. The van der Waals surface area contributed by atoms with Crippen molar-refractivity contribution in [3.8, 4) is 11.8 Å². The Morgan fingerprint density at radius 1 is 0.962 bits per heavy atom. The van der Waals surface area contributed by atoms with Crippen molar-refractivity contribution < 1.29 is 13.5 Å². The predicted molar refractivity (Wildman–Crippen MR) is 94.6 cm³/mol. The topological polar surface area (TPSA) is 39.5 Å². The van der Waals surface area contributed by atoms with E-state index in [0.29, 0.717) is 24.2 Å². The predicted octanol–water partition coefficient (Wildman–Crippen LogP) is 3.16. The summed E-state index contributed by atoms with van der Waals surface area (Å²) >= 11 is 0. The molecule has 0 aliphatic carbocycles. The van der Waals surface area contributed by atoms with Gasteiger partial charge in [-0.1, -0.05) is 6.07 Å². The molecule has 0 radical (unpaired) electrons. The number of benzene rings is 2. The molecule has 0 unspecified atom stereocenters. The number of nitriles is 1. The van der Waals surface area contributed by atoms with Crippen molar-refractivity contribution in [2.24, 2.45) is 0 Å². The average Bonchev–Trinajstić information content (AvgIpc) is 2.65. The molecule has 2 aromatic rings. The molecule has 1 aliphatic rings. The molecule has 0 bridgehead atoms. The average molecular weight is 357 g/mol. The number of methoxy groups -OCH3 is 1. The SMILES string of the molecule is COc1ccc(CN2CCN(Cc3cc(C#N)ccc3F)CC2)cc1F. The highest BCUT2D eigenvalue weighted by molar-refractivity contribution is 5.33. The van der Waals surface area contributed by atoms with Crippen LogP contribution in [-0.2, 0) is 13.1 Å². The van der Waals surface area contributed by atoms with Crippen molar-refractivity contribution in [2.45, 2.75) is 13.1 Å². The van der Waals surface area contributed by atoms with Crippen molar-refractivity contribution in [3.63, 3.8) is 0 Å². The molecule has 136 valence electrons. The van der Waals surface area contributed by atoms with E-state index in [1.165, 1.54) is 25.3 Å². The second-order valence-electron chi connectivity index (χ2n) is 6.44. The zero-order valence-electron chi connectivity index (χ0n) is 14.7. The summed E-state index contributed by atoms with van der Waals surface area (Å²) in [7, 11) is 1.45. The maximum absolute atomic E-state index is 13.9. The molecule has 26 heavy (non-hydrogen) atoms. The van der Waals surface area contributed by atoms with Crippen LogP contribution in [0.15, 0.2) is 36.4 Å². The number of halogens is 2. The van der Waals surface area contributed by atoms with Gasteiger partial charge in [-0.25, -0.2) is 8.78 Å². The Kier molecular flexibility index (Phi) is 5.82. The summed E-state index contributed by atoms with van der Waals surface area (Å²) in [6.45, 7) is 4.42. The summed E-state index contributed by atoms with van der Waals surface area (Å²) in [4.78, 5) is 4.42. The number of piperazine rings is 1.